The van der Waals surface area contributed by atoms with Crippen LogP contribution in [-0.4, -0.2) is 39.8 Å². The van der Waals surface area contributed by atoms with Crippen molar-refractivity contribution in [1.82, 2.24) is 15.2 Å². The number of anilines is 1. The molecule has 0 spiro atoms. The molecule has 1 aromatic carbocycles. The van der Waals surface area contributed by atoms with Crippen LogP contribution in [0.2, 0.25) is 5.02 Å². The molecule has 1 aliphatic heterocycles. The molecule has 0 bridgehead atoms. The number of aromatic nitrogens is 3. The summed E-state index contributed by atoms with van der Waals surface area (Å²) in [5, 5.41) is 8.63. The molecule has 4 nitrogen and oxygen atoms in total. The fourth-order valence-electron chi connectivity index (χ4n) is 2.96. The number of pyridine rings is 1. The van der Waals surface area contributed by atoms with Crippen LogP contribution >= 0.6 is 23.4 Å². The number of aromatic amines is 1. The van der Waals surface area contributed by atoms with Crippen molar-refractivity contribution in [3.05, 3.63) is 53.8 Å². The standard InChI is InChI=1S/C18H17ClN4S/c19-15-3-1-14(2-4-15)17-16(13-5-7-20-8-6-13)18(22-21-17)23-9-11-24-12-10-23/h1-8H,9-12H2,(H,21,22). The van der Waals surface area contributed by atoms with E-state index in [-0.39, 0.29) is 0 Å². The van der Waals surface area contributed by atoms with Crippen molar-refractivity contribution in [1.29, 1.82) is 0 Å². The minimum absolute atomic E-state index is 0.730. The maximum Gasteiger partial charge on any atom is 0.132 e. The molecule has 0 radical (unpaired) electrons. The van der Waals surface area contributed by atoms with Crippen LogP contribution in [0.5, 0.6) is 0 Å². The number of hydrogen-bond acceptors (Lipinski definition) is 4. The highest BCUT2D eigenvalue weighted by Crippen LogP contribution is 2.38. The average Bonchev–Trinajstić information content (AvgIpc) is 3.09. The smallest absolute Gasteiger partial charge is 0.132 e. The Morgan fingerprint density at radius 2 is 1.67 bits per heavy atom. The minimum atomic E-state index is 0.730. The first-order valence-electron chi connectivity index (χ1n) is 7.90. The van der Waals surface area contributed by atoms with E-state index in [1.807, 2.05) is 60.6 Å². The predicted octanol–water partition coefficient (Wildman–Crippen LogP) is 4.35. The van der Waals surface area contributed by atoms with Gasteiger partial charge in [0, 0.05) is 47.6 Å². The van der Waals surface area contributed by atoms with Gasteiger partial charge in [0.25, 0.3) is 0 Å². The summed E-state index contributed by atoms with van der Waals surface area (Å²) >= 11 is 8.03. The Kier molecular flexibility index (Phi) is 4.45. The number of rotatable bonds is 3. The Balaban J connectivity index is 1.84. The highest BCUT2D eigenvalue weighted by atomic mass is 35.5. The number of thioether (sulfide) groups is 1. The van der Waals surface area contributed by atoms with Gasteiger partial charge in [-0.15, -0.1) is 0 Å². The van der Waals surface area contributed by atoms with Gasteiger partial charge in [0.15, 0.2) is 0 Å². The van der Waals surface area contributed by atoms with E-state index in [0.29, 0.717) is 0 Å². The number of hydrogen-bond donors (Lipinski definition) is 1. The van der Waals surface area contributed by atoms with Crippen LogP contribution in [0.4, 0.5) is 5.82 Å². The van der Waals surface area contributed by atoms with Crippen LogP contribution in [-0.2, 0) is 0 Å². The molecular formula is C18H17ClN4S. The molecule has 0 amide bonds. The molecule has 1 aliphatic rings. The van der Waals surface area contributed by atoms with E-state index < -0.39 is 0 Å². The molecule has 4 rings (SSSR count). The zero-order chi connectivity index (χ0) is 16.4. The van der Waals surface area contributed by atoms with Crippen LogP contribution in [0.25, 0.3) is 22.4 Å². The molecule has 2 aromatic heterocycles. The van der Waals surface area contributed by atoms with E-state index >= 15 is 0 Å². The number of nitrogens with one attached hydrogen (secondary N) is 1. The molecule has 0 atom stereocenters. The SMILES string of the molecule is Clc1ccc(-c2n[nH]c(N3CCSCC3)c2-c2ccncc2)cc1. The molecule has 0 saturated carbocycles. The first-order chi connectivity index (χ1) is 11.8. The highest BCUT2D eigenvalue weighted by molar-refractivity contribution is 7.99. The highest BCUT2D eigenvalue weighted by Gasteiger charge is 2.22. The van der Waals surface area contributed by atoms with Crippen molar-refractivity contribution in [2.75, 3.05) is 29.5 Å². The van der Waals surface area contributed by atoms with Gasteiger partial charge in [-0.25, -0.2) is 0 Å². The number of halogens is 1. The summed E-state index contributed by atoms with van der Waals surface area (Å²) < 4.78 is 0. The lowest BCUT2D eigenvalue weighted by Crippen LogP contribution is -2.33. The summed E-state index contributed by atoms with van der Waals surface area (Å²) in [5.41, 5.74) is 4.26. The van der Waals surface area contributed by atoms with Gasteiger partial charge in [-0.3, -0.25) is 10.1 Å². The molecule has 3 heterocycles. The van der Waals surface area contributed by atoms with Gasteiger partial charge in [0.1, 0.15) is 11.5 Å². The van der Waals surface area contributed by atoms with Gasteiger partial charge < -0.3 is 4.90 Å². The quantitative estimate of drug-likeness (QED) is 0.758. The largest absolute Gasteiger partial charge is 0.355 e. The van der Waals surface area contributed by atoms with Crippen molar-refractivity contribution in [2.24, 2.45) is 0 Å². The molecule has 3 aromatic rings. The monoisotopic (exact) mass is 356 g/mol. The zero-order valence-corrected chi connectivity index (χ0v) is 14.6. The molecule has 1 saturated heterocycles. The second-order valence-corrected chi connectivity index (χ2v) is 7.30. The lowest BCUT2D eigenvalue weighted by atomic mass is 10.0. The maximum atomic E-state index is 6.04. The fourth-order valence-corrected chi connectivity index (χ4v) is 3.99. The van der Waals surface area contributed by atoms with Crippen molar-refractivity contribution in [2.45, 2.75) is 0 Å². The summed E-state index contributed by atoms with van der Waals surface area (Å²) in [6, 6.07) is 11.9. The van der Waals surface area contributed by atoms with Crippen molar-refractivity contribution < 1.29 is 0 Å². The Morgan fingerprint density at radius 1 is 0.958 bits per heavy atom. The number of benzene rings is 1. The van der Waals surface area contributed by atoms with Crippen molar-refractivity contribution >= 4 is 29.2 Å². The van der Waals surface area contributed by atoms with Crippen LogP contribution in [0.15, 0.2) is 48.8 Å². The topological polar surface area (TPSA) is 44.8 Å². The van der Waals surface area contributed by atoms with E-state index in [0.717, 1.165) is 57.8 Å². The van der Waals surface area contributed by atoms with E-state index in [4.69, 9.17) is 11.6 Å². The van der Waals surface area contributed by atoms with Crippen LogP contribution in [0.3, 0.4) is 0 Å². The number of H-pyrrole nitrogens is 1. The van der Waals surface area contributed by atoms with Crippen LogP contribution < -0.4 is 4.90 Å². The molecular weight excluding hydrogens is 340 g/mol. The molecule has 1 N–H and O–H groups in total. The Bertz CT molecular complexity index is 811. The van der Waals surface area contributed by atoms with Crippen LogP contribution in [0.1, 0.15) is 0 Å². The lowest BCUT2D eigenvalue weighted by Gasteiger charge is -2.28. The lowest BCUT2D eigenvalue weighted by molar-refractivity contribution is 0.834. The van der Waals surface area contributed by atoms with E-state index in [1.54, 1.807) is 0 Å². The molecule has 24 heavy (non-hydrogen) atoms. The average molecular weight is 357 g/mol. The molecule has 0 aliphatic carbocycles. The second kappa shape index (κ2) is 6.87. The normalized spacial score (nSPS) is 14.8. The van der Waals surface area contributed by atoms with Gasteiger partial charge in [-0.05, 0) is 29.8 Å². The molecule has 0 unspecified atom stereocenters. The van der Waals surface area contributed by atoms with E-state index in [9.17, 15) is 0 Å². The second-order valence-electron chi connectivity index (χ2n) is 5.64. The maximum absolute atomic E-state index is 6.04. The summed E-state index contributed by atoms with van der Waals surface area (Å²) in [5.74, 6) is 3.38. The Labute approximate surface area is 150 Å². The van der Waals surface area contributed by atoms with Crippen LogP contribution in [0, 0.1) is 0 Å². The van der Waals surface area contributed by atoms with Gasteiger partial charge in [-0.2, -0.15) is 16.9 Å². The van der Waals surface area contributed by atoms with Gasteiger partial charge in [0.05, 0.1) is 5.56 Å². The van der Waals surface area contributed by atoms with E-state index in [2.05, 4.69) is 20.1 Å². The molecule has 1 fully saturated rings. The zero-order valence-electron chi connectivity index (χ0n) is 13.1. The van der Waals surface area contributed by atoms with E-state index in [1.165, 1.54) is 0 Å². The summed E-state index contributed by atoms with van der Waals surface area (Å²) in [4.78, 5) is 6.53. The number of nitrogens with zero attached hydrogens (tertiary/aromatic N) is 3. The first-order valence-corrected chi connectivity index (χ1v) is 9.43. The summed E-state index contributed by atoms with van der Waals surface area (Å²) in [6.45, 7) is 2.07. The first kappa shape index (κ1) is 15.5. The summed E-state index contributed by atoms with van der Waals surface area (Å²) in [6.07, 6.45) is 3.65. The van der Waals surface area contributed by atoms with Gasteiger partial charge in [-0.1, -0.05) is 23.7 Å². The van der Waals surface area contributed by atoms with Gasteiger partial charge >= 0.3 is 0 Å². The summed E-state index contributed by atoms with van der Waals surface area (Å²) in [7, 11) is 0. The van der Waals surface area contributed by atoms with Crippen molar-refractivity contribution in [3.63, 3.8) is 0 Å². The van der Waals surface area contributed by atoms with Gasteiger partial charge in [0.2, 0.25) is 0 Å². The third kappa shape index (κ3) is 3.01. The predicted molar refractivity (Wildman–Crippen MR) is 102 cm³/mol. The molecule has 6 heteroatoms. The minimum Gasteiger partial charge on any atom is -0.355 e. The molecule has 122 valence electrons. The Morgan fingerprint density at radius 3 is 2.38 bits per heavy atom. The Hall–Kier alpha value is -1.98. The fraction of sp³-hybridized carbons (Fsp3) is 0.222. The third-order valence-electron chi connectivity index (χ3n) is 4.16. The van der Waals surface area contributed by atoms with Crippen molar-refractivity contribution in [3.8, 4) is 22.4 Å². The third-order valence-corrected chi connectivity index (χ3v) is 5.36.